The van der Waals surface area contributed by atoms with Gasteiger partial charge in [0.2, 0.25) is 5.43 Å². The van der Waals surface area contributed by atoms with Gasteiger partial charge in [0.15, 0.2) is 5.43 Å². The largest absolute Gasteiger partial charge is 0.492 e. The van der Waals surface area contributed by atoms with E-state index >= 15 is 0 Å². The van der Waals surface area contributed by atoms with Crippen molar-refractivity contribution in [1.82, 2.24) is 30.0 Å². The minimum Gasteiger partial charge on any atom is -0.492 e. The van der Waals surface area contributed by atoms with Crippen molar-refractivity contribution in [3.05, 3.63) is 166 Å². The number of hydrogen-bond donors (Lipinski definition) is 0. The number of fused-ring (bicyclic) bond motifs is 2. The molecule has 0 amide bonds. The van der Waals surface area contributed by atoms with Gasteiger partial charge in [0.25, 0.3) is 0 Å². The summed E-state index contributed by atoms with van der Waals surface area (Å²) < 4.78 is 27.2. The summed E-state index contributed by atoms with van der Waals surface area (Å²) in [5.41, 5.74) is 6.12. The summed E-state index contributed by atoms with van der Waals surface area (Å²) in [5, 5.41) is 18.2. The van der Waals surface area contributed by atoms with Crippen molar-refractivity contribution in [3.8, 4) is 56.5 Å². The first-order chi connectivity index (χ1) is 27.5. The van der Waals surface area contributed by atoms with Crippen molar-refractivity contribution < 1.29 is 18.3 Å². The molecule has 0 aliphatic heterocycles. The Morgan fingerprint density at radius 2 is 1.14 bits per heavy atom. The van der Waals surface area contributed by atoms with E-state index in [1.807, 2.05) is 97.3 Å². The third-order valence-electron chi connectivity index (χ3n) is 9.32. The number of benzene rings is 5. The van der Waals surface area contributed by atoms with Gasteiger partial charge in [-0.2, -0.15) is 0 Å². The van der Waals surface area contributed by atoms with Gasteiger partial charge < -0.3 is 18.3 Å². The van der Waals surface area contributed by atoms with E-state index in [1.165, 1.54) is 12.3 Å². The standard InChI is InChI=1S/C44H32N6O6/c51-40-25-42(32-9-5-2-6-10-32)56-43-24-34(15-17-35(40)43)54-22-20-50-27-39(46-48-50)31-13-11-30(12-14-31)38-26-49(47-45-38)19-21-53-33-16-18-41-36(23-33)44(52)37(28-55-41)29-7-3-1-4-8-29/h1-18,23-28H,19-22H2. The molecule has 0 N–H and O–H groups in total. The molecule has 9 aromatic rings. The Balaban J connectivity index is 0.789. The molecule has 0 aliphatic carbocycles. The highest BCUT2D eigenvalue weighted by atomic mass is 16.5. The van der Waals surface area contributed by atoms with E-state index in [1.54, 1.807) is 45.8 Å². The second-order valence-corrected chi connectivity index (χ2v) is 13.0. The van der Waals surface area contributed by atoms with Crippen LogP contribution in [0.4, 0.5) is 0 Å². The van der Waals surface area contributed by atoms with Crippen LogP contribution in [0.25, 0.3) is 66.9 Å². The SMILES string of the molecule is O=c1cc(-c2ccccc2)oc2cc(OCCn3cc(-c4ccc(-c5cn(CCOc6ccc7occ(-c8ccccc8)c(=O)c7c6)nn5)cc4)nn3)ccc12. The molecule has 56 heavy (non-hydrogen) atoms. The van der Waals surface area contributed by atoms with Gasteiger partial charge in [-0.1, -0.05) is 95.4 Å². The van der Waals surface area contributed by atoms with E-state index in [0.717, 1.165) is 33.6 Å². The third-order valence-corrected chi connectivity index (χ3v) is 9.32. The number of nitrogens with zero attached hydrogens (tertiary/aromatic N) is 6. The summed E-state index contributed by atoms with van der Waals surface area (Å²) in [5.74, 6) is 1.66. The summed E-state index contributed by atoms with van der Waals surface area (Å²) in [6.07, 6.45) is 5.23. The summed E-state index contributed by atoms with van der Waals surface area (Å²) in [4.78, 5) is 25.9. The fourth-order valence-electron chi connectivity index (χ4n) is 6.39. The fourth-order valence-corrected chi connectivity index (χ4v) is 6.39. The molecule has 0 saturated carbocycles. The second-order valence-electron chi connectivity index (χ2n) is 13.0. The van der Waals surface area contributed by atoms with Crippen LogP contribution in [-0.4, -0.2) is 43.2 Å². The average molecular weight is 741 g/mol. The number of rotatable bonds is 12. The molecule has 0 unspecified atom stereocenters. The number of aromatic nitrogens is 6. The molecule has 0 radical (unpaired) electrons. The van der Waals surface area contributed by atoms with Gasteiger partial charge in [-0.15, -0.1) is 10.2 Å². The first-order valence-corrected chi connectivity index (χ1v) is 18.0. The van der Waals surface area contributed by atoms with Gasteiger partial charge in [0.1, 0.15) is 59.3 Å². The highest BCUT2D eigenvalue weighted by Crippen LogP contribution is 2.27. The Bertz CT molecular complexity index is 2920. The van der Waals surface area contributed by atoms with E-state index in [4.69, 9.17) is 18.3 Å². The van der Waals surface area contributed by atoms with Crippen LogP contribution in [0.3, 0.4) is 0 Å². The first kappa shape index (κ1) is 34.2. The minimum atomic E-state index is -0.112. The van der Waals surface area contributed by atoms with E-state index in [-0.39, 0.29) is 10.9 Å². The molecule has 12 heteroatoms. The average Bonchev–Trinajstić information content (AvgIpc) is 3.92. The van der Waals surface area contributed by atoms with Crippen LogP contribution in [0, 0.1) is 0 Å². The zero-order valence-corrected chi connectivity index (χ0v) is 29.8. The maximum absolute atomic E-state index is 13.2. The quantitative estimate of drug-likeness (QED) is 0.121. The summed E-state index contributed by atoms with van der Waals surface area (Å²) in [7, 11) is 0. The molecular weight excluding hydrogens is 709 g/mol. The van der Waals surface area contributed by atoms with Gasteiger partial charge in [-0.3, -0.25) is 9.59 Å². The topological polar surface area (TPSA) is 140 Å². The van der Waals surface area contributed by atoms with Gasteiger partial charge in [0, 0.05) is 28.8 Å². The van der Waals surface area contributed by atoms with E-state index in [9.17, 15) is 9.59 Å². The van der Waals surface area contributed by atoms with Crippen molar-refractivity contribution in [1.29, 1.82) is 0 Å². The predicted molar refractivity (Wildman–Crippen MR) is 211 cm³/mol. The lowest BCUT2D eigenvalue weighted by atomic mass is 10.1. The summed E-state index contributed by atoms with van der Waals surface area (Å²) in [6, 6.07) is 38.8. The van der Waals surface area contributed by atoms with Gasteiger partial charge in [-0.05, 0) is 35.9 Å². The molecule has 5 aromatic carbocycles. The molecule has 0 spiro atoms. The van der Waals surface area contributed by atoms with Crippen molar-refractivity contribution in [3.63, 3.8) is 0 Å². The Labute approximate surface area is 318 Å². The smallest absolute Gasteiger partial charge is 0.200 e. The summed E-state index contributed by atoms with van der Waals surface area (Å²) in [6.45, 7) is 1.59. The molecule has 274 valence electrons. The minimum absolute atomic E-state index is 0.108. The van der Waals surface area contributed by atoms with Crippen molar-refractivity contribution in [2.45, 2.75) is 13.1 Å². The monoisotopic (exact) mass is 740 g/mol. The van der Waals surface area contributed by atoms with Crippen LogP contribution >= 0.6 is 0 Å². The van der Waals surface area contributed by atoms with Crippen LogP contribution in [0.1, 0.15) is 0 Å². The molecule has 0 bridgehead atoms. The molecule has 4 heterocycles. The van der Waals surface area contributed by atoms with E-state index in [0.29, 0.717) is 71.1 Å². The highest BCUT2D eigenvalue weighted by molar-refractivity contribution is 5.83. The molecule has 9 rings (SSSR count). The molecular formula is C44H32N6O6. The normalized spacial score (nSPS) is 11.3. The lowest BCUT2D eigenvalue weighted by Crippen LogP contribution is -2.09. The van der Waals surface area contributed by atoms with Crippen molar-refractivity contribution in [2.75, 3.05) is 13.2 Å². The maximum atomic E-state index is 13.2. The van der Waals surface area contributed by atoms with Crippen LogP contribution in [0.2, 0.25) is 0 Å². The summed E-state index contributed by atoms with van der Waals surface area (Å²) >= 11 is 0. The lowest BCUT2D eigenvalue weighted by Gasteiger charge is -2.08. The molecule has 4 aromatic heterocycles. The fraction of sp³-hybridized carbons (Fsp3) is 0.0909. The zero-order valence-electron chi connectivity index (χ0n) is 29.8. The second kappa shape index (κ2) is 15.0. The highest BCUT2D eigenvalue weighted by Gasteiger charge is 2.12. The third kappa shape index (κ3) is 7.18. The number of ether oxygens (including phenoxy) is 2. The Morgan fingerprint density at radius 3 is 1.79 bits per heavy atom. The lowest BCUT2D eigenvalue weighted by molar-refractivity contribution is 0.289. The molecule has 0 saturated heterocycles. The van der Waals surface area contributed by atoms with Gasteiger partial charge in [0.05, 0.1) is 41.8 Å². The Kier molecular flexibility index (Phi) is 9.18. The predicted octanol–water partition coefficient (Wildman–Crippen LogP) is 7.91. The van der Waals surface area contributed by atoms with Crippen molar-refractivity contribution in [2.24, 2.45) is 0 Å². The Morgan fingerprint density at radius 1 is 0.554 bits per heavy atom. The van der Waals surface area contributed by atoms with Crippen LogP contribution in [0.15, 0.2) is 164 Å². The molecule has 12 nitrogen and oxygen atoms in total. The van der Waals surface area contributed by atoms with E-state index in [2.05, 4.69) is 20.6 Å². The number of hydrogen-bond acceptors (Lipinski definition) is 10. The van der Waals surface area contributed by atoms with Crippen LogP contribution < -0.4 is 20.3 Å². The molecule has 0 aliphatic rings. The van der Waals surface area contributed by atoms with Crippen LogP contribution in [0.5, 0.6) is 11.5 Å². The maximum Gasteiger partial charge on any atom is 0.200 e. The zero-order chi connectivity index (χ0) is 37.8. The molecule has 0 fully saturated rings. The molecule has 0 atom stereocenters. The van der Waals surface area contributed by atoms with Crippen molar-refractivity contribution >= 4 is 21.9 Å². The van der Waals surface area contributed by atoms with Gasteiger partial charge in [-0.25, -0.2) is 9.36 Å². The van der Waals surface area contributed by atoms with Gasteiger partial charge >= 0.3 is 0 Å². The first-order valence-electron chi connectivity index (χ1n) is 18.0. The Hall–Kier alpha value is -7.60. The van der Waals surface area contributed by atoms with E-state index < -0.39 is 0 Å². The van der Waals surface area contributed by atoms with Crippen LogP contribution in [-0.2, 0) is 13.1 Å².